The topological polar surface area (TPSA) is 92.8 Å². The van der Waals surface area contributed by atoms with E-state index in [4.69, 9.17) is 16.3 Å². The summed E-state index contributed by atoms with van der Waals surface area (Å²) >= 11 is 7.22. The van der Waals surface area contributed by atoms with Gasteiger partial charge in [0.15, 0.2) is 0 Å². The van der Waals surface area contributed by atoms with Crippen molar-refractivity contribution in [2.24, 2.45) is 0 Å². The molecule has 2 aromatic rings. The minimum absolute atomic E-state index is 0.0219. The molecule has 0 fully saturated rings. The molecule has 0 saturated heterocycles. The van der Waals surface area contributed by atoms with Gasteiger partial charge >= 0.3 is 5.97 Å². The number of halogens is 1. The Morgan fingerprint density at radius 2 is 1.93 bits per heavy atom. The van der Waals surface area contributed by atoms with Gasteiger partial charge in [-0.3, -0.25) is 4.79 Å². The first kappa shape index (κ1) is 23.3. The van der Waals surface area contributed by atoms with Crippen molar-refractivity contribution < 1.29 is 22.7 Å². The third kappa shape index (κ3) is 5.16. The number of ether oxygens (including phenoxy) is 1. The lowest BCUT2D eigenvalue weighted by Crippen LogP contribution is -2.33. The first-order valence-corrected chi connectivity index (χ1v) is 11.5. The molecule has 0 spiro atoms. The molecule has 10 heteroatoms. The Hall–Kier alpha value is -1.94. The summed E-state index contributed by atoms with van der Waals surface area (Å²) in [6, 6.07) is 5.39. The molecule has 0 radical (unpaired) electrons. The van der Waals surface area contributed by atoms with Crippen molar-refractivity contribution in [3.05, 3.63) is 45.3 Å². The van der Waals surface area contributed by atoms with Gasteiger partial charge < -0.3 is 10.1 Å². The van der Waals surface area contributed by atoms with Crippen molar-refractivity contribution in [2.75, 3.05) is 19.0 Å². The van der Waals surface area contributed by atoms with Crippen LogP contribution in [0.5, 0.6) is 0 Å². The van der Waals surface area contributed by atoms with Crippen molar-refractivity contribution in [3.8, 4) is 0 Å². The number of rotatable bonds is 7. The number of benzene rings is 1. The van der Waals surface area contributed by atoms with E-state index in [1.54, 1.807) is 33.8 Å². The predicted molar refractivity (Wildman–Crippen MR) is 115 cm³/mol. The van der Waals surface area contributed by atoms with Gasteiger partial charge in [-0.2, -0.15) is 4.31 Å². The second-order valence-electron chi connectivity index (χ2n) is 6.55. The fourth-order valence-corrected chi connectivity index (χ4v) is 4.96. The molecule has 158 valence electrons. The van der Waals surface area contributed by atoms with Crippen LogP contribution in [0.3, 0.4) is 0 Å². The summed E-state index contributed by atoms with van der Waals surface area (Å²) in [6.45, 7) is 7.20. The van der Waals surface area contributed by atoms with Crippen LogP contribution < -0.4 is 5.32 Å². The van der Waals surface area contributed by atoms with Gasteiger partial charge in [0.1, 0.15) is 4.88 Å². The average molecular weight is 459 g/mol. The number of hydrogen-bond acceptors (Lipinski definition) is 6. The van der Waals surface area contributed by atoms with E-state index in [2.05, 4.69) is 5.32 Å². The summed E-state index contributed by atoms with van der Waals surface area (Å²) in [5.74, 6) is -1.03. The van der Waals surface area contributed by atoms with Crippen molar-refractivity contribution >= 4 is 49.8 Å². The van der Waals surface area contributed by atoms with E-state index in [-0.39, 0.29) is 28.1 Å². The molecule has 0 atom stereocenters. The predicted octanol–water partition coefficient (Wildman–Crippen LogP) is 4.17. The van der Waals surface area contributed by atoms with E-state index in [1.165, 1.54) is 29.6 Å². The van der Waals surface area contributed by atoms with Gasteiger partial charge in [0, 0.05) is 13.1 Å². The number of aryl methyl sites for hydroxylation is 1. The number of amides is 1. The van der Waals surface area contributed by atoms with Crippen molar-refractivity contribution in [1.29, 1.82) is 0 Å². The summed E-state index contributed by atoms with van der Waals surface area (Å²) in [5.41, 5.74) is 0.693. The van der Waals surface area contributed by atoms with Crippen molar-refractivity contribution in [2.45, 2.75) is 38.6 Å². The highest BCUT2D eigenvalue weighted by molar-refractivity contribution is 7.89. The Kier molecular flexibility index (Phi) is 7.45. The second-order valence-corrected chi connectivity index (χ2v) is 10.0. The molecule has 1 aromatic carbocycles. The maximum Gasteiger partial charge on any atom is 0.348 e. The van der Waals surface area contributed by atoms with E-state index in [9.17, 15) is 18.0 Å². The van der Waals surface area contributed by atoms with Crippen LogP contribution in [0.4, 0.5) is 5.00 Å². The van der Waals surface area contributed by atoms with Crippen LogP contribution in [0.25, 0.3) is 0 Å². The van der Waals surface area contributed by atoms with Gasteiger partial charge in [0.2, 0.25) is 10.0 Å². The molecule has 1 amide bonds. The van der Waals surface area contributed by atoms with Gasteiger partial charge in [0.25, 0.3) is 5.91 Å². The zero-order valence-electron chi connectivity index (χ0n) is 16.8. The van der Waals surface area contributed by atoms with Crippen LogP contribution in [0, 0.1) is 6.92 Å². The molecule has 0 aliphatic heterocycles. The fraction of sp³-hybridized carbons (Fsp3) is 0.368. The number of hydrogen-bond donors (Lipinski definition) is 1. The van der Waals surface area contributed by atoms with Crippen molar-refractivity contribution in [3.63, 3.8) is 0 Å². The molecule has 7 nitrogen and oxygen atoms in total. The summed E-state index contributed by atoms with van der Waals surface area (Å²) in [4.78, 5) is 25.0. The number of thiophene rings is 1. The standard InChI is InChI=1S/C19H23ClN2O5S2/c1-6-27-19(24)17-12(4)9-16(28-17)21-18(23)14-10-13(7-8-15(14)20)29(25,26)22(5)11(2)3/h7-11H,6H2,1-5H3,(H,21,23). The Labute approximate surface area is 179 Å². The molecule has 0 aliphatic carbocycles. The normalized spacial score (nSPS) is 11.7. The Morgan fingerprint density at radius 1 is 1.28 bits per heavy atom. The molecule has 0 bridgehead atoms. The summed E-state index contributed by atoms with van der Waals surface area (Å²) in [7, 11) is -2.30. The quantitative estimate of drug-likeness (QED) is 0.628. The van der Waals surface area contributed by atoms with Crippen LogP contribution >= 0.6 is 22.9 Å². The Morgan fingerprint density at radius 3 is 2.52 bits per heavy atom. The largest absolute Gasteiger partial charge is 0.462 e. The van der Waals surface area contributed by atoms with E-state index in [0.29, 0.717) is 15.4 Å². The number of carbonyl (C=O) groups excluding carboxylic acids is 2. The highest BCUT2D eigenvalue weighted by Crippen LogP contribution is 2.29. The maximum absolute atomic E-state index is 12.7. The van der Waals surface area contributed by atoms with Crippen LogP contribution in [-0.2, 0) is 14.8 Å². The molecule has 0 aliphatic rings. The molecule has 29 heavy (non-hydrogen) atoms. The summed E-state index contributed by atoms with van der Waals surface area (Å²) in [6.07, 6.45) is 0. The maximum atomic E-state index is 12.7. The smallest absolute Gasteiger partial charge is 0.348 e. The molecule has 0 unspecified atom stereocenters. The minimum Gasteiger partial charge on any atom is -0.462 e. The number of nitrogens with one attached hydrogen (secondary N) is 1. The number of nitrogens with zero attached hydrogens (tertiary/aromatic N) is 1. The Balaban J connectivity index is 2.33. The molecular formula is C19H23ClN2O5S2. The average Bonchev–Trinajstić information content (AvgIpc) is 3.01. The first-order chi connectivity index (χ1) is 13.5. The number of carbonyl (C=O) groups is 2. The third-order valence-electron chi connectivity index (χ3n) is 4.20. The first-order valence-electron chi connectivity index (χ1n) is 8.85. The van der Waals surface area contributed by atoms with Gasteiger partial charge in [-0.05, 0) is 57.5 Å². The lowest BCUT2D eigenvalue weighted by Gasteiger charge is -2.21. The van der Waals surface area contributed by atoms with Crippen LogP contribution in [-0.4, -0.2) is 44.3 Å². The van der Waals surface area contributed by atoms with Crippen LogP contribution in [0.1, 0.15) is 46.4 Å². The lowest BCUT2D eigenvalue weighted by atomic mass is 10.2. The van der Waals surface area contributed by atoms with E-state index >= 15 is 0 Å². The highest BCUT2D eigenvalue weighted by Gasteiger charge is 2.25. The lowest BCUT2D eigenvalue weighted by molar-refractivity contribution is 0.0531. The molecular weight excluding hydrogens is 436 g/mol. The van der Waals surface area contributed by atoms with Crippen LogP contribution in [0.15, 0.2) is 29.2 Å². The number of anilines is 1. The molecule has 0 saturated carbocycles. The SMILES string of the molecule is CCOC(=O)c1sc(NC(=O)c2cc(S(=O)(=O)N(C)C(C)C)ccc2Cl)cc1C. The minimum atomic E-state index is -3.77. The fourth-order valence-electron chi connectivity index (χ4n) is 2.40. The van der Waals surface area contributed by atoms with Gasteiger partial charge in [-0.1, -0.05) is 11.6 Å². The van der Waals surface area contributed by atoms with Gasteiger partial charge in [-0.15, -0.1) is 11.3 Å². The molecule has 2 rings (SSSR count). The molecule has 1 aromatic heterocycles. The second kappa shape index (κ2) is 9.25. The van der Waals surface area contributed by atoms with Crippen molar-refractivity contribution in [1.82, 2.24) is 4.31 Å². The number of esters is 1. The number of sulfonamides is 1. The monoisotopic (exact) mass is 458 g/mol. The summed E-state index contributed by atoms with van der Waals surface area (Å²) < 4.78 is 31.6. The van der Waals surface area contributed by atoms with E-state index in [0.717, 1.165) is 11.3 Å². The molecule has 1 N–H and O–H groups in total. The van der Waals surface area contributed by atoms with Crippen LogP contribution in [0.2, 0.25) is 5.02 Å². The summed E-state index contributed by atoms with van der Waals surface area (Å²) in [5, 5.41) is 3.21. The van der Waals surface area contributed by atoms with E-state index in [1.807, 2.05) is 0 Å². The van der Waals surface area contributed by atoms with E-state index < -0.39 is 21.9 Å². The zero-order chi connectivity index (χ0) is 21.9. The van der Waals surface area contributed by atoms with Gasteiger partial charge in [-0.25, -0.2) is 13.2 Å². The highest BCUT2D eigenvalue weighted by atomic mass is 35.5. The molecule has 1 heterocycles. The zero-order valence-corrected chi connectivity index (χ0v) is 19.2. The third-order valence-corrected chi connectivity index (χ3v) is 7.69. The Bertz CT molecular complexity index is 1030. The van der Waals surface area contributed by atoms with Gasteiger partial charge in [0.05, 0.1) is 27.1 Å².